The van der Waals surface area contributed by atoms with Gasteiger partial charge in [0.15, 0.2) is 0 Å². The molecule has 0 bridgehead atoms. The lowest BCUT2D eigenvalue weighted by Crippen LogP contribution is -2.40. The third kappa shape index (κ3) is 6.40. The van der Waals surface area contributed by atoms with Crippen molar-refractivity contribution in [3.8, 4) is 0 Å². The van der Waals surface area contributed by atoms with Crippen LogP contribution >= 0.6 is 0 Å². The minimum Gasteiger partial charge on any atom is -0.481 e. The number of aliphatic carboxylic acids is 1. The zero-order valence-corrected chi connectivity index (χ0v) is 13.4. The van der Waals surface area contributed by atoms with E-state index in [1.807, 2.05) is 35.2 Å². The number of hydrogen-bond acceptors (Lipinski definition) is 3. The highest BCUT2D eigenvalue weighted by molar-refractivity contribution is 5.76. The Bertz CT molecular complexity index is 503. The Morgan fingerprint density at radius 2 is 2.00 bits per heavy atom. The van der Waals surface area contributed by atoms with E-state index in [0.717, 1.165) is 24.9 Å². The second-order valence-electron chi connectivity index (χ2n) is 6.07. The first-order valence-electron chi connectivity index (χ1n) is 8.26. The van der Waals surface area contributed by atoms with E-state index in [0.29, 0.717) is 38.5 Å². The molecule has 1 atom stereocenters. The molecule has 0 radical (unpaired) electrons. The van der Waals surface area contributed by atoms with Gasteiger partial charge in [0.25, 0.3) is 0 Å². The van der Waals surface area contributed by atoms with Gasteiger partial charge in [0.1, 0.15) is 0 Å². The summed E-state index contributed by atoms with van der Waals surface area (Å²) in [4.78, 5) is 24.7. The first kappa shape index (κ1) is 17.5. The number of amides is 1. The van der Waals surface area contributed by atoms with Gasteiger partial charge in [-0.05, 0) is 30.7 Å². The molecule has 23 heavy (non-hydrogen) atoms. The molecule has 5 heteroatoms. The van der Waals surface area contributed by atoms with Gasteiger partial charge in [-0.3, -0.25) is 9.59 Å². The van der Waals surface area contributed by atoms with Crippen LogP contribution in [0.1, 0.15) is 37.7 Å². The third-order valence-electron chi connectivity index (χ3n) is 4.21. The fourth-order valence-electron chi connectivity index (χ4n) is 2.94. The summed E-state index contributed by atoms with van der Waals surface area (Å²) >= 11 is 0. The highest BCUT2D eigenvalue weighted by Gasteiger charge is 2.23. The van der Waals surface area contributed by atoms with Crippen LogP contribution in [0.2, 0.25) is 0 Å². The molecule has 1 heterocycles. The number of carbonyl (C=O) groups excluding carboxylic acids is 1. The molecule has 1 aliphatic rings. The van der Waals surface area contributed by atoms with Crippen LogP contribution in [0.3, 0.4) is 0 Å². The zero-order valence-electron chi connectivity index (χ0n) is 13.4. The Balaban J connectivity index is 1.65. The van der Waals surface area contributed by atoms with E-state index in [2.05, 4.69) is 0 Å². The number of carboxylic acids is 1. The van der Waals surface area contributed by atoms with E-state index in [4.69, 9.17) is 9.84 Å². The summed E-state index contributed by atoms with van der Waals surface area (Å²) in [6.07, 6.45) is 3.21. The van der Waals surface area contributed by atoms with Crippen LogP contribution in [-0.2, 0) is 20.9 Å². The molecular weight excluding hydrogens is 294 g/mol. The van der Waals surface area contributed by atoms with Gasteiger partial charge >= 0.3 is 5.97 Å². The molecule has 0 aliphatic carbocycles. The molecule has 1 amide bonds. The smallest absolute Gasteiger partial charge is 0.303 e. The number of rotatable bonds is 8. The average molecular weight is 319 g/mol. The van der Waals surface area contributed by atoms with Crippen LogP contribution in [0.15, 0.2) is 30.3 Å². The molecule has 1 aliphatic heterocycles. The number of carboxylic acid groups (broad SMARTS) is 1. The molecule has 1 aromatic carbocycles. The summed E-state index contributed by atoms with van der Waals surface area (Å²) in [5.74, 6) is -0.338. The fraction of sp³-hybridized carbons (Fsp3) is 0.556. The van der Waals surface area contributed by atoms with E-state index in [1.54, 1.807) is 0 Å². The maximum absolute atomic E-state index is 12.2. The van der Waals surface area contributed by atoms with Gasteiger partial charge in [-0.25, -0.2) is 0 Å². The van der Waals surface area contributed by atoms with Crippen molar-refractivity contribution < 1.29 is 19.4 Å². The lowest BCUT2D eigenvalue weighted by atomic mass is 9.93. The van der Waals surface area contributed by atoms with Crippen LogP contribution in [0.5, 0.6) is 0 Å². The standard InChI is InChI=1S/C18H25NO4/c20-17(10-12-23-14-16-5-2-1-3-6-16)19-11-4-7-15(13-19)8-9-18(21)22/h1-3,5-6,15H,4,7-14H2,(H,21,22). The first-order chi connectivity index (χ1) is 11.1. The van der Waals surface area contributed by atoms with Crippen molar-refractivity contribution in [2.24, 2.45) is 5.92 Å². The minimum atomic E-state index is -0.761. The number of nitrogens with zero attached hydrogens (tertiary/aromatic N) is 1. The topological polar surface area (TPSA) is 66.8 Å². The largest absolute Gasteiger partial charge is 0.481 e. The van der Waals surface area contributed by atoms with E-state index in [-0.39, 0.29) is 12.3 Å². The van der Waals surface area contributed by atoms with Crippen molar-refractivity contribution in [3.63, 3.8) is 0 Å². The van der Waals surface area contributed by atoms with Crippen LogP contribution in [0.25, 0.3) is 0 Å². The SMILES string of the molecule is O=C(O)CCC1CCCN(C(=O)CCOCc2ccccc2)C1. The van der Waals surface area contributed by atoms with E-state index < -0.39 is 5.97 Å². The van der Waals surface area contributed by atoms with Crippen molar-refractivity contribution in [2.75, 3.05) is 19.7 Å². The van der Waals surface area contributed by atoms with Gasteiger partial charge in [0, 0.05) is 19.5 Å². The van der Waals surface area contributed by atoms with Crippen molar-refractivity contribution in [2.45, 2.75) is 38.7 Å². The molecule has 1 saturated heterocycles. The van der Waals surface area contributed by atoms with Crippen molar-refractivity contribution in [1.29, 1.82) is 0 Å². The quantitative estimate of drug-likeness (QED) is 0.748. The Hall–Kier alpha value is -1.88. The maximum Gasteiger partial charge on any atom is 0.303 e. The summed E-state index contributed by atoms with van der Waals surface area (Å²) in [6, 6.07) is 9.90. The van der Waals surface area contributed by atoms with Gasteiger partial charge < -0.3 is 14.7 Å². The number of benzene rings is 1. The molecule has 2 rings (SSSR count). The summed E-state index contributed by atoms with van der Waals surface area (Å²) in [5, 5.41) is 8.76. The molecule has 0 aromatic heterocycles. The number of carbonyl (C=O) groups is 2. The predicted molar refractivity (Wildman–Crippen MR) is 86.9 cm³/mol. The van der Waals surface area contributed by atoms with Crippen LogP contribution in [-0.4, -0.2) is 41.6 Å². The molecule has 5 nitrogen and oxygen atoms in total. The molecule has 1 N–H and O–H groups in total. The number of hydrogen-bond donors (Lipinski definition) is 1. The highest BCUT2D eigenvalue weighted by atomic mass is 16.5. The summed E-state index contributed by atoms with van der Waals surface area (Å²) in [7, 11) is 0. The molecular formula is C18H25NO4. The van der Waals surface area contributed by atoms with E-state index in [9.17, 15) is 9.59 Å². The van der Waals surface area contributed by atoms with Gasteiger partial charge in [-0.15, -0.1) is 0 Å². The fourth-order valence-corrected chi connectivity index (χ4v) is 2.94. The second-order valence-corrected chi connectivity index (χ2v) is 6.07. The monoisotopic (exact) mass is 319 g/mol. The van der Waals surface area contributed by atoms with Crippen LogP contribution in [0, 0.1) is 5.92 Å². The normalized spacial score (nSPS) is 17.9. The Kier molecular flexibility index (Phi) is 7.07. The zero-order chi connectivity index (χ0) is 16.5. The minimum absolute atomic E-state index is 0.109. The van der Waals surface area contributed by atoms with Gasteiger partial charge in [0.05, 0.1) is 19.6 Å². The van der Waals surface area contributed by atoms with Gasteiger partial charge in [-0.1, -0.05) is 30.3 Å². The first-order valence-corrected chi connectivity index (χ1v) is 8.26. The van der Waals surface area contributed by atoms with E-state index >= 15 is 0 Å². The second kappa shape index (κ2) is 9.30. The number of likely N-dealkylation sites (tertiary alicyclic amines) is 1. The molecule has 1 fully saturated rings. The average Bonchev–Trinajstić information content (AvgIpc) is 2.58. The van der Waals surface area contributed by atoms with Crippen molar-refractivity contribution >= 4 is 11.9 Å². The molecule has 1 aromatic rings. The maximum atomic E-state index is 12.2. The Labute approximate surface area is 137 Å². The number of ether oxygens (including phenoxy) is 1. The Morgan fingerprint density at radius 1 is 1.22 bits per heavy atom. The third-order valence-corrected chi connectivity index (χ3v) is 4.21. The lowest BCUT2D eigenvalue weighted by Gasteiger charge is -2.32. The summed E-state index contributed by atoms with van der Waals surface area (Å²) < 4.78 is 5.56. The van der Waals surface area contributed by atoms with Crippen LogP contribution < -0.4 is 0 Å². The van der Waals surface area contributed by atoms with E-state index in [1.165, 1.54) is 0 Å². The predicted octanol–water partition coefficient (Wildman–Crippen LogP) is 2.70. The van der Waals surface area contributed by atoms with Gasteiger partial charge in [-0.2, -0.15) is 0 Å². The lowest BCUT2D eigenvalue weighted by molar-refractivity contribution is -0.137. The summed E-state index contributed by atoms with van der Waals surface area (Å²) in [5.41, 5.74) is 1.10. The molecule has 126 valence electrons. The Morgan fingerprint density at radius 3 is 2.74 bits per heavy atom. The van der Waals surface area contributed by atoms with Gasteiger partial charge in [0.2, 0.25) is 5.91 Å². The van der Waals surface area contributed by atoms with Crippen molar-refractivity contribution in [1.82, 2.24) is 4.90 Å². The molecule has 1 unspecified atom stereocenters. The van der Waals surface area contributed by atoms with Crippen molar-refractivity contribution in [3.05, 3.63) is 35.9 Å². The van der Waals surface area contributed by atoms with Crippen LogP contribution in [0.4, 0.5) is 0 Å². The summed E-state index contributed by atoms with van der Waals surface area (Å²) in [6.45, 7) is 2.41. The highest BCUT2D eigenvalue weighted by Crippen LogP contribution is 2.21. The number of piperidine rings is 1. The molecule has 0 saturated carbocycles. The molecule has 0 spiro atoms.